The van der Waals surface area contributed by atoms with Crippen molar-refractivity contribution in [2.45, 2.75) is 13.5 Å². The minimum Gasteiger partial charge on any atom is -0.394 e. The first kappa shape index (κ1) is 10.5. The van der Waals surface area contributed by atoms with Crippen molar-refractivity contribution in [3.8, 4) is 0 Å². The summed E-state index contributed by atoms with van der Waals surface area (Å²) in [6.07, 6.45) is 1.75. The molecule has 0 aliphatic carbocycles. The molecule has 0 unspecified atom stereocenters. The van der Waals surface area contributed by atoms with Crippen LogP contribution in [0.15, 0.2) is 47.4 Å². The summed E-state index contributed by atoms with van der Waals surface area (Å²) in [5, 5.41) is 0. The van der Waals surface area contributed by atoms with Gasteiger partial charge in [0.15, 0.2) is 0 Å². The van der Waals surface area contributed by atoms with Gasteiger partial charge in [0, 0.05) is 6.20 Å². The Morgan fingerprint density at radius 3 is 2.56 bits per heavy atom. The van der Waals surface area contributed by atoms with E-state index >= 15 is 0 Å². The van der Waals surface area contributed by atoms with Gasteiger partial charge < -0.3 is 10.3 Å². The third-order valence-corrected chi connectivity index (χ3v) is 2.52. The minimum absolute atomic E-state index is 0.136. The quantitative estimate of drug-likeness (QED) is 0.828. The van der Waals surface area contributed by atoms with Crippen molar-refractivity contribution in [2.24, 2.45) is 0 Å². The molecule has 1 aromatic carbocycles. The molecule has 2 rings (SSSR count). The summed E-state index contributed by atoms with van der Waals surface area (Å²) in [7, 11) is 0. The lowest BCUT2D eigenvalue weighted by atomic mass is 10.1. The van der Waals surface area contributed by atoms with Gasteiger partial charge in [0.25, 0.3) is 5.56 Å². The molecule has 2 N–H and O–H groups in total. The monoisotopic (exact) mass is 214 g/mol. The Balaban J connectivity index is 2.31. The van der Waals surface area contributed by atoms with Crippen LogP contribution in [0.3, 0.4) is 0 Å². The molecule has 0 fully saturated rings. The first-order valence-corrected chi connectivity index (χ1v) is 5.17. The predicted molar refractivity (Wildman–Crippen MR) is 65.4 cm³/mol. The van der Waals surface area contributed by atoms with E-state index in [-0.39, 0.29) is 11.2 Å². The van der Waals surface area contributed by atoms with Crippen molar-refractivity contribution in [1.82, 2.24) is 4.57 Å². The Kier molecular flexibility index (Phi) is 2.77. The maximum absolute atomic E-state index is 11.7. The standard InChI is InChI=1S/C13H14N2O/c1-10-4-6-11(7-5-10)9-15-8-2-3-12(14)13(15)16/h2-8H,9,14H2,1H3. The number of nitrogens with zero attached hydrogens (tertiary/aromatic N) is 1. The van der Waals surface area contributed by atoms with E-state index in [0.717, 1.165) is 5.56 Å². The molecule has 1 heterocycles. The topological polar surface area (TPSA) is 48.0 Å². The van der Waals surface area contributed by atoms with E-state index in [1.165, 1.54) is 5.56 Å². The third kappa shape index (κ3) is 2.14. The molecule has 0 saturated carbocycles. The summed E-state index contributed by atoms with van der Waals surface area (Å²) < 4.78 is 1.61. The van der Waals surface area contributed by atoms with Crippen LogP contribution in [0.25, 0.3) is 0 Å². The minimum atomic E-state index is -0.136. The normalized spacial score (nSPS) is 10.3. The number of benzene rings is 1. The fourth-order valence-electron chi connectivity index (χ4n) is 1.57. The Bertz CT molecular complexity index is 541. The average molecular weight is 214 g/mol. The molecule has 0 aliphatic heterocycles. The van der Waals surface area contributed by atoms with Crippen LogP contribution in [0.2, 0.25) is 0 Å². The van der Waals surface area contributed by atoms with Gasteiger partial charge in [0.05, 0.1) is 12.2 Å². The lowest BCUT2D eigenvalue weighted by molar-refractivity contribution is 0.762. The number of aromatic nitrogens is 1. The van der Waals surface area contributed by atoms with Crippen molar-refractivity contribution in [2.75, 3.05) is 5.73 Å². The number of rotatable bonds is 2. The smallest absolute Gasteiger partial charge is 0.273 e. The SMILES string of the molecule is Cc1ccc(Cn2cccc(N)c2=O)cc1. The molecule has 0 aliphatic rings. The lowest BCUT2D eigenvalue weighted by Crippen LogP contribution is -2.22. The van der Waals surface area contributed by atoms with Gasteiger partial charge >= 0.3 is 0 Å². The van der Waals surface area contributed by atoms with Crippen LogP contribution in [0, 0.1) is 6.92 Å². The van der Waals surface area contributed by atoms with Crippen molar-refractivity contribution in [3.63, 3.8) is 0 Å². The van der Waals surface area contributed by atoms with E-state index in [2.05, 4.69) is 0 Å². The van der Waals surface area contributed by atoms with Gasteiger partial charge in [-0.2, -0.15) is 0 Å². The molecule has 1 aromatic heterocycles. The molecular weight excluding hydrogens is 200 g/mol. The average Bonchev–Trinajstić information content (AvgIpc) is 2.28. The van der Waals surface area contributed by atoms with Crippen LogP contribution in [0.4, 0.5) is 5.69 Å². The maximum Gasteiger partial charge on any atom is 0.273 e. The van der Waals surface area contributed by atoms with Gasteiger partial charge in [-0.25, -0.2) is 0 Å². The van der Waals surface area contributed by atoms with E-state index < -0.39 is 0 Å². The highest BCUT2D eigenvalue weighted by molar-refractivity contribution is 5.34. The fourth-order valence-corrected chi connectivity index (χ4v) is 1.57. The van der Waals surface area contributed by atoms with Crippen molar-refractivity contribution in [1.29, 1.82) is 0 Å². The number of aryl methyl sites for hydroxylation is 1. The van der Waals surface area contributed by atoms with Gasteiger partial charge in [-0.05, 0) is 24.6 Å². The van der Waals surface area contributed by atoms with Gasteiger partial charge in [-0.3, -0.25) is 4.79 Å². The molecule has 3 heteroatoms. The number of hydrogen-bond donors (Lipinski definition) is 1. The molecule has 0 amide bonds. The molecule has 0 atom stereocenters. The first-order chi connectivity index (χ1) is 7.66. The van der Waals surface area contributed by atoms with E-state index in [9.17, 15) is 4.79 Å². The largest absolute Gasteiger partial charge is 0.394 e. The molecule has 3 nitrogen and oxygen atoms in total. The number of hydrogen-bond acceptors (Lipinski definition) is 2. The van der Waals surface area contributed by atoms with Crippen LogP contribution in [-0.4, -0.2) is 4.57 Å². The Hall–Kier alpha value is -2.03. The highest BCUT2D eigenvalue weighted by Crippen LogP contribution is 2.04. The molecule has 0 bridgehead atoms. The molecule has 0 saturated heterocycles. The predicted octanol–water partition coefficient (Wildman–Crippen LogP) is 1.79. The van der Waals surface area contributed by atoms with E-state index in [1.807, 2.05) is 31.2 Å². The van der Waals surface area contributed by atoms with Crippen LogP contribution >= 0.6 is 0 Å². The van der Waals surface area contributed by atoms with Crippen LogP contribution in [0.1, 0.15) is 11.1 Å². The number of nitrogens with two attached hydrogens (primary N) is 1. The number of anilines is 1. The van der Waals surface area contributed by atoms with E-state index in [4.69, 9.17) is 5.73 Å². The van der Waals surface area contributed by atoms with Crippen molar-refractivity contribution >= 4 is 5.69 Å². The third-order valence-electron chi connectivity index (χ3n) is 2.52. The summed E-state index contributed by atoms with van der Waals surface area (Å²) in [4.78, 5) is 11.7. The van der Waals surface area contributed by atoms with Crippen LogP contribution in [-0.2, 0) is 6.54 Å². The maximum atomic E-state index is 11.7. The number of nitrogen functional groups attached to an aromatic ring is 1. The molecule has 0 radical (unpaired) electrons. The molecule has 0 spiro atoms. The van der Waals surface area contributed by atoms with E-state index in [1.54, 1.807) is 22.9 Å². The van der Waals surface area contributed by atoms with Gasteiger partial charge in [0.2, 0.25) is 0 Å². The molecule has 2 aromatic rings. The summed E-state index contributed by atoms with van der Waals surface area (Å²) in [6, 6.07) is 11.5. The van der Waals surface area contributed by atoms with Crippen molar-refractivity contribution < 1.29 is 0 Å². The first-order valence-electron chi connectivity index (χ1n) is 5.17. The summed E-state index contributed by atoms with van der Waals surface area (Å²) in [5.41, 5.74) is 8.02. The molecular formula is C13H14N2O. The zero-order valence-electron chi connectivity index (χ0n) is 9.18. The zero-order valence-corrected chi connectivity index (χ0v) is 9.18. The second-order valence-electron chi connectivity index (χ2n) is 3.88. The van der Waals surface area contributed by atoms with Gasteiger partial charge in [-0.15, -0.1) is 0 Å². The van der Waals surface area contributed by atoms with Gasteiger partial charge in [0.1, 0.15) is 0 Å². The molecule has 82 valence electrons. The second-order valence-corrected chi connectivity index (χ2v) is 3.88. The van der Waals surface area contributed by atoms with Crippen LogP contribution in [0.5, 0.6) is 0 Å². The highest BCUT2D eigenvalue weighted by Gasteiger charge is 2.00. The fraction of sp³-hybridized carbons (Fsp3) is 0.154. The Labute approximate surface area is 94.1 Å². The summed E-state index contributed by atoms with van der Waals surface area (Å²) in [5.74, 6) is 0. The van der Waals surface area contributed by atoms with Crippen LogP contribution < -0.4 is 11.3 Å². The van der Waals surface area contributed by atoms with E-state index in [0.29, 0.717) is 6.54 Å². The zero-order chi connectivity index (χ0) is 11.5. The summed E-state index contributed by atoms with van der Waals surface area (Å²) in [6.45, 7) is 2.60. The molecule has 16 heavy (non-hydrogen) atoms. The number of pyridine rings is 1. The lowest BCUT2D eigenvalue weighted by Gasteiger charge is -2.06. The van der Waals surface area contributed by atoms with Crippen molar-refractivity contribution in [3.05, 3.63) is 64.1 Å². The highest BCUT2D eigenvalue weighted by atomic mass is 16.1. The summed E-state index contributed by atoms with van der Waals surface area (Å²) >= 11 is 0. The van der Waals surface area contributed by atoms with Gasteiger partial charge in [-0.1, -0.05) is 29.8 Å². The second kappa shape index (κ2) is 4.23. The Morgan fingerprint density at radius 1 is 1.19 bits per heavy atom. The Morgan fingerprint density at radius 2 is 1.88 bits per heavy atom.